The molecular weight excluding hydrogens is 152 g/mol. The van der Waals surface area contributed by atoms with E-state index in [-0.39, 0.29) is 6.29 Å². The predicted octanol–water partition coefficient (Wildman–Crippen LogP) is 2.11. The molecule has 0 atom stereocenters. The maximum absolute atomic E-state index is 5.28. The molecule has 0 heterocycles. The third-order valence-electron chi connectivity index (χ3n) is 2.61. The first kappa shape index (κ1) is 8.27. The van der Waals surface area contributed by atoms with Gasteiger partial charge in [-0.15, -0.1) is 0 Å². The molecule has 0 aromatic rings. The molecule has 0 N–H and O–H groups in total. The average molecular weight is 168 g/mol. The molecule has 2 saturated carbocycles. The number of hydrogen-bond acceptors (Lipinski definition) is 2. The molecule has 0 saturated heterocycles. The third-order valence-corrected chi connectivity index (χ3v) is 2.61. The fourth-order valence-electron chi connectivity index (χ4n) is 1.74. The maximum atomic E-state index is 5.28. The highest BCUT2D eigenvalue weighted by Crippen LogP contribution is 2.46. The van der Waals surface area contributed by atoms with Crippen molar-refractivity contribution >= 4 is 0 Å². The highest BCUT2D eigenvalue weighted by Gasteiger charge is 2.36. The monoisotopic (exact) mass is 168 g/mol. The van der Waals surface area contributed by atoms with Gasteiger partial charge in [0, 0.05) is 14.2 Å². The zero-order valence-corrected chi connectivity index (χ0v) is 7.80. The van der Waals surface area contributed by atoms with Crippen molar-refractivity contribution < 1.29 is 9.47 Å². The first-order valence-electron chi connectivity index (χ1n) is 4.64. The van der Waals surface area contributed by atoms with Crippen LogP contribution in [-0.2, 0) is 9.47 Å². The van der Waals surface area contributed by atoms with Crippen molar-refractivity contribution in [3.63, 3.8) is 0 Å². The standard InChI is InChI=1S/C10H16O2/c1-11-10(12-2)9(7-3-4-7)8-5-6-8/h7,10H,3-6H2,1-2H3. The van der Waals surface area contributed by atoms with Crippen LogP contribution in [0.15, 0.2) is 11.1 Å². The number of ether oxygens (including phenoxy) is 2. The quantitative estimate of drug-likeness (QED) is 0.473. The summed E-state index contributed by atoms with van der Waals surface area (Å²) in [6.07, 6.45) is 5.16. The number of methoxy groups -OCH3 is 2. The van der Waals surface area contributed by atoms with E-state index in [2.05, 4.69) is 0 Å². The summed E-state index contributed by atoms with van der Waals surface area (Å²) in [5, 5.41) is 0. The highest BCUT2D eigenvalue weighted by molar-refractivity contribution is 5.31. The van der Waals surface area contributed by atoms with Gasteiger partial charge in [-0.25, -0.2) is 0 Å². The van der Waals surface area contributed by atoms with Crippen molar-refractivity contribution in [2.75, 3.05) is 14.2 Å². The van der Waals surface area contributed by atoms with Gasteiger partial charge in [-0.3, -0.25) is 0 Å². The summed E-state index contributed by atoms with van der Waals surface area (Å²) >= 11 is 0. The van der Waals surface area contributed by atoms with Crippen LogP contribution in [0.2, 0.25) is 0 Å². The van der Waals surface area contributed by atoms with Crippen LogP contribution in [0, 0.1) is 5.92 Å². The van der Waals surface area contributed by atoms with Crippen LogP contribution in [0.4, 0.5) is 0 Å². The molecule has 0 aliphatic heterocycles. The minimum Gasteiger partial charge on any atom is -0.352 e. The molecule has 2 fully saturated rings. The molecule has 2 aliphatic rings. The maximum Gasteiger partial charge on any atom is 0.179 e. The summed E-state index contributed by atoms with van der Waals surface area (Å²) in [5.41, 5.74) is 3.05. The topological polar surface area (TPSA) is 18.5 Å². The Hall–Kier alpha value is -0.340. The fourth-order valence-corrected chi connectivity index (χ4v) is 1.74. The SMILES string of the molecule is COC(OC)C(=C1CC1)C1CC1. The first-order chi connectivity index (χ1) is 5.86. The Morgan fingerprint density at radius 2 is 1.83 bits per heavy atom. The lowest BCUT2D eigenvalue weighted by Crippen LogP contribution is -2.17. The zero-order chi connectivity index (χ0) is 8.55. The van der Waals surface area contributed by atoms with Gasteiger partial charge in [0.25, 0.3) is 0 Å². The van der Waals surface area contributed by atoms with Gasteiger partial charge in [-0.05, 0) is 37.2 Å². The van der Waals surface area contributed by atoms with Crippen LogP contribution in [0.5, 0.6) is 0 Å². The lowest BCUT2D eigenvalue weighted by Gasteiger charge is -2.16. The summed E-state index contributed by atoms with van der Waals surface area (Å²) in [4.78, 5) is 0. The Morgan fingerprint density at radius 1 is 1.25 bits per heavy atom. The minimum absolute atomic E-state index is 0.0602. The van der Waals surface area contributed by atoms with E-state index in [1.165, 1.54) is 31.3 Å². The molecule has 0 aromatic carbocycles. The fraction of sp³-hybridized carbons (Fsp3) is 0.800. The van der Waals surface area contributed by atoms with Crippen molar-refractivity contribution in [3.8, 4) is 0 Å². The van der Waals surface area contributed by atoms with Crippen molar-refractivity contribution in [3.05, 3.63) is 11.1 Å². The van der Waals surface area contributed by atoms with Crippen molar-refractivity contribution in [1.29, 1.82) is 0 Å². The lowest BCUT2D eigenvalue weighted by molar-refractivity contribution is -0.0780. The van der Waals surface area contributed by atoms with Crippen molar-refractivity contribution in [2.24, 2.45) is 5.92 Å². The van der Waals surface area contributed by atoms with Gasteiger partial charge in [-0.1, -0.05) is 5.57 Å². The Kier molecular flexibility index (Phi) is 2.20. The van der Waals surface area contributed by atoms with Crippen LogP contribution in [0.3, 0.4) is 0 Å². The van der Waals surface area contributed by atoms with Gasteiger partial charge < -0.3 is 9.47 Å². The lowest BCUT2D eigenvalue weighted by atomic mass is 10.1. The van der Waals surface area contributed by atoms with E-state index >= 15 is 0 Å². The predicted molar refractivity (Wildman–Crippen MR) is 46.8 cm³/mol. The molecule has 0 unspecified atom stereocenters. The average Bonchev–Trinajstić information content (AvgIpc) is 2.92. The molecule has 2 aliphatic carbocycles. The Balaban J connectivity index is 2.09. The zero-order valence-electron chi connectivity index (χ0n) is 7.80. The van der Waals surface area contributed by atoms with E-state index in [1.54, 1.807) is 19.8 Å². The van der Waals surface area contributed by atoms with Crippen LogP contribution >= 0.6 is 0 Å². The molecule has 68 valence electrons. The smallest absolute Gasteiger partial charge is 0.179 e. The summed E-state index contributed by atoms with van der Waals surface area (Å²) < 4.78 is 10.6. The number of hydrogen-bond donors (Lipinski definition) is 0. The Labute approximate surface area is 73.5 Å². The molecular formula is C10H16O2. The second-order valence-electron chi connectivity index (χ2n) is 3.64. The number of rotatable bonds is 4. The molecule has 0 amide bonds. The molecule has 0 spiro atoms. The van der Waals surface area contributed by atoms with Crippen LogP contribution in [0.25, 0.3) is 0 Å². The summed E-state index contributed by atoms with van der Waals surface area (Å²) in [6.45, 7) is 0. The summed E-state index contributed by atoms with van der Waals surface area (Å²) in [7, 11) is 3.44. The van der Waals surface area contributed by atoms with E-state index in [4.69, 9.17) is 9.47 Å². The molecule has 2 nitrogen and oxygen atoms in total. The van der Waals surface area contributed by atoms with E-state index in [0.717, 1.165) is 5.92 Å². The van der Waals surface area contributed by atoms with Gasteiger partial charge in [-0.2, -0.15) is 0 Å². The van der Waals surface area contributed by atoms with Crippen LogP contribution in [-0.4, -0.2) is 20.5 Å². The highest BCUT2D eigenvalue weighted by atomic mass is 16.7. The van der Waals surface area contributed by atoms with Gasteiger partial charge >= 0.3 is 0 Å². The van der Waals surface area contributed by atoms with Gasteiger partial charge in [0.1, 0.15) is 0 Å². The summed E-state index contributed by atoms with van der Waals surface area (Å²) in [6, 6.07) is 0. The van der Waals surface area contributed by atoms with Crippen molar-refractivity contribution in [2.45, 2.75) is 32.0 Å². The van der Waals surface area contributed by atoms with E-state index in [9.17, 15) is 0 Å². The van der Waals surface area contributed by atoms with E-state index in [1.807, 2.05) is 0 Å². The van der Waals surface area contributed by atoms with Gasteiger partial charge in [0.15, 0.2) is 6.29 Å². The largest absolute Gasteiger partial charge is 0.352 e. The number of allylic oxidation sites excluding steroid dienone is 1. The van der Waals surface area contributed by atoms with E-state index in [0.29, 0.717) is 0 Å². The van der Waals surface area contributed by atoms with Crippen molar-refractivity contribution in [1.82, 2.24) is 0 Å². The molecule has 2 rings (SSSR count). The molecule has 0 bridgehead atoms. The van der Waals surface area contributed by atoms with Crippen LogP contribution in [0.1, 0.15) is 25.7 Å². The second-order valence-corrected chi connectivity index (χ2v) is 3.64. The summed E-state index contributed by atoms with van der Waals surface area (Å²) in [5.74, 6) is 0.785. The minimum atomic E-state index is -0.0602. The second kappa shape index (κ2) is 3.19. The first-order valence-corrected chi connectivity index (χ1v) is 4.64. The Morgan fingerprint density at radius 3 is 2.17 bits per heavy atom. The van der Waals surface area contributed by atoms with E-state index < -0.39 is 0 Å². The van der Waals surface area contributed by atoms with Gasteiger partial charge in [0.2, 0.25) is 0 Å². The van der Waals surface area contributed by atoms with Gasteiger partial charge in [0.05, 0.1) is 0 Å². The van der Waals surface area contributed by atoms with Crippen LogP contribution < -0.4 is 0 Å². The molecule has 0 radical (unpaired) electrons. The Bertz CT molecular complexity index is 194. The third kappa shape index (κ3) is 1.54. The normalized spacial score (nSPS) is 21.8. The molecule has 0 aromatic heterocycles. The molecule has 12 heavy (non-hydrogen) atoms. The molecule has 2 heteroatoms.